The van der Waals surface area contributed by atoms with Crippen LogP contribution in [0.25, 0.3) is 0 Å². The molecule has 0 bridgehead atoms. The summed E-state index contributed by atoms with van der Waals surface area (Å²) in [4.78, 5) is 27.8. The highest BCUT2D eigenvalue weighted by molar-refractivity contribution is 5.79. The topological polar surface area (TPSA) is 254 Å². The maximum Gasteiger partial charge on any atom is 0.327 e. The zero-order chi connectivity index (χ0) is 25.2. The predicted molar refractivity (Wildman–Crippen MR) is 104 cm³/mol. The Morgan fingerprint density at radius 2 is 0.800 bits per heavy atom. The van der Waals surface area contributed by atoms with Crippen molar-refractivity contribution in [2.75, 3.05) is 39.6 Å². The standard InChI is InChI=1S/C5H12O4.C3H8O3.3C3H4O2/c6-1-5(2-7,3-8)4-9;4-1-3(6)2-5;3*1-2-3(4)5/h6-9H,1-4H2;3-6H,1-2H2;3*2H,1H2,(H,4,5). The third-order valence-electron chi connectivity index (χ3n) is 2.29. The number of rotatable bonds is 9. The van der Waals surface area contributed by atoms with Gasteiger partial charge >= 0.3 is 17.9 Å². The zero-order valence-electron chi connectivity index (χ0n) is 16.4. The van der Waals surface area contributed by atoms with Crippen LogP contribution in [0.1, 0.15) is 0 Å². The van der Waals surface area contributed by atoms with E-state index in [2.05, 4.69) is 19.7 Å². The Balaban J connectivity index is -0.0000000891. The molecule has 13 nitrogen and oxygen atoms in total. The molecule has 0 aliphatic carbocycles. The van der Waals surface area contributed by atoms with E-state index < -0.39 is 55.9 Å². The maximum atomic E-state index is 9.25. The Hall–Kier alpha value is -2.65. The van der Waals surface area contributed by atoms with E-state index in [0.717, 1.165) is 18.2 Å². The number of aliphatic carboxylic acids is 3. The molecule has 0 amide bonds. The summed E-state index contributed by atoms with van der Waals surface area (Å²) in [6.45, 7) is 6.53. The van der Waals surface area contributed by atoms with E-state index in [1.807, 2.05) is 0 Å². The van der Waals surface area contributed by atoms with Crippen molar-refractivity contribution >= 4 is 17.9 Å². The molecule has 0 saturated heterocycles. The van der Waals surface area contributed by atoms with E-state index in [-0.39, 0.29) is 13.2 Å². The van der Waals surface area contributed by atoms with Crippen LogP contribution in [0.5, 0.6) is 0 Å². The summed E-state index contributed by atoms with van der Waals surface area (Å²) < 4.78 is 0. The molecular formula is C17H32O13. The van der Waals surface area contributed by atoms with Crippen LogP contribution in [0.2, 0.25) is 0 Å². The molecule has 0 radical (unpaired) electrons. The van der Waals surface area contributed by atoms with Crippen molar-refractivity contribution < 1.29 is 65.4 Å². The number of carbonyl (C=O) groups is 3. The summed E-state index contributed by atoms with van der Waals surface area (Å²) in [7, 11) is 0. The molecule has 0 aliphatic heterocycles. The summed E-state index contributed by atoms with van der Waals surface area (Å²) in [6, 6.07) is 0. The zero-order valence-corrected chi connectivity index (χ0v) is 16.4. The van der Waals surface area contributed by atoms with E-state index in [1.165, 1.54) is 0 Å². The van der Waals surface area contributed by atoms with Crippen LogP contribution in [0.4, 0.5) is 0 Å². The summed E-state index contributed by atoms with van der Waals surface area (Å²) in [6.07, 6.45) is 1.55. The average Bonchev–Trinajstić information content (AvgIpc) is 2.76. The second-order valence-corrected chi connectivity index (χ2v) is 4.78. The van der Waals surface area contributed by atoms with E-state index in [9.17, 15) is 14.4 Å². The molecular weight excluding hydrogens is 412 g/mol. The van der Waals surface area contributed by atoms with Gasteiger partial charge in [0, 0.05) is 18.2 Å². The van der Waals surface area contributed by atoms with Gasteiger partial charge in [0.15, 0.2) is 0 Å². The molecule has 13 heteroatoms. The van der Waals surface area contributed by atoms with Crippen LogP contribution in [-0.2, 0) is 14.4 Å². The molecule has 0 spiro atoms. The minimum atomic E-state index is -1.11. The number of hydrogen-bond donors (Lipinski definition) is 10. The van der Waals surface area contributed by atoms with Crippen molar-refractivity contribution in [3.63, 3.8) is 0 Å². The Bertz CT molecular complexity index is 394. The Morgan fingerprint density at radius 1 is 0.633 bits per heavy atom. The minimum Gasteiger partial charge on any atom is -0.478 e. The molecule has 0 saturated carbocycles. The quantitative estimate of drug-likeness (QED) is 0.160. The SMILES string of the molecule is C=CC(=O)O.C=CC(=O)O.C=CC(=O)O.OCC(CO)(CO)CO.OCC(O)CO. The number of carboxylic acid groups (broad SMARTS) is 3. The lowest BCUT2D eigenvalue weighted by molar-refractivity contribution is -0.132. The second kappa shape index (κ2) is 28.6. The molecule has 0 aromatic heterocycles. The first-order chi connectivity index (χ1) is 13.9. The third kappa shape index (κ3) is 40.1. The van der Waals surface area contributed by atoms with Crippen LogP contribution >= 0.6 is 0 Å². The Labute approximate surface area is 173 Å². The Kier molecular flexibility index (Phi) is 36.2. The number of aliphatic hydroxyl groups is 7. The van der Waals surface area contributed by atoms with E-state index in [4.69, 9.17) is 51.1 Å². The number of aliphatic hydroxyl groups excluding tert-OH is 7. The van der Waals surface area contributed by atoms with E-state index in [0.29, 0.717) is 0 Å². The van der Waals surface area contributed by atoms with Crippen molar-refractivity contribution in [2.45, 2.75) is 6.10 Å². The van der Waals surface area contributed by atoms with Crippen LogP contribution in [0, 0.1) is 5.41 Å². The summed E-state index contributed by atoms with van der Waals surface area (Å²) >= 11 is 0. The summed E-state index contributed by atoms with van der Waals surface area (Å²) in [5.41, 5.74) is -1.11. The molecule has 0 aliphatic rings. The molecule has 30 heavy (non-hydrogen) atoms. The first-order valence-corrected chi connectivity index (χ1v) is 7.76. The van der Waals surface area contributed by atoms with Gasteiger partial charge in [-0.15, -0.1) is 0 Å². The van der Waals surface area contributed by atoms with Gasteiger partial charge < -0.3 is 51.1 Å². The lowest BCUT2D eigenvalue weighted by Crippen LogP contribution is -2.37. The van der Waals surface area contributed by atoms with Gasteiger partial charge in [-0.3, -0.25) is 0 Å². The lowest BCUT2D eigenvalue weighted by Gasteiger charge is -2.23. The Morgan fingerprint density at radius 3 is 0.800 bits per heavy atom. The van der Waals surface area contributed by atoms with Crippen LogP contribution in [0.15, 0.2) is 38.0 Å². The highest BCUT2D eigenvalue weighted by Gasteiger charge is 2.26. The molecule has 0 atom stereocenters. The molecule has 178 valence electrons. The molecule has 10 N–H and O–H groups in total. The van der Waals surface area contributed by atoms with Crippen LogP contribution < -0.4 is 0 Å². The monoisotopic (exact) mass is 444 g/mol. The first-order valence-electron chi connectivity index (χ1n) is 7.76. The van der Waals surface area contributed by atoms with Crippen molar-refractivity contribution in [2.24, 2.45) is 5.41 Å². The number of hydrogen-bond acceptors (Lipinski definition) is 10. The second-order valence-electron chi connectivity index (χ2n) is 4.78. The molecule has 0 aromatic rings. The molecule has 0 heterocycles. The van der Waals surface area contributed by atoms with Crippen molar-refractivity contribution in [3.8, 4) is 0 Å². The fourth-order valence-electron chi connectivity index (χ4n) is 0.358. The highest BCUT2D eigenvalue weighted by atomic mass is 16.4. The molecule has 0 fully saturated rings. The average molecular weight is 444 g/mol. The van der Waals surface area contributed by atoms with E-state index in [1.54, 1.807) is 0 Å². The van der Waals surface area contributed by atoms with E-state index >= 15 is 0 Å². The van der Waals surface area contributed by atoms with Gasteiger partial charge in [-0.1, -0.05) is 19.7 Å². The van der Waals surface area contributed by atoms with Gasteiger partial charge in [0.05, 0.1) is 45.1 Å². The van der Waals surface area contributed by atoms with Crippen molar-refractivity contribution in [3.05, 3.63) is 38.0 Å². The fraction of sp³-hybridized carbons (Fsp3) is 0.471. The van der Waals surface area contributed by atoms with Gasteiger partial charge in [-0.05, 0) is 0 Å². The van der Waals surface area contributed by atoms with Crippen molar-refractivity contribution in [1.82, 2.24) is 0 Å². The van der Waals surface area contributed by atoms with Crippen LogP contribution in [0.3, 0.4) is 0 Å². The van der Waals surface area contributed by atoms with Gasteiger partial charge in [-0.2, -0.15) is 0 Å². The summed E-state index contributed by atoms with van der Waals surface area (Å²) in [5, 5.41) is 80.8. The normalized spacial score (nSPS) is 8.80. The first kappa shape index (κ1) is 38.0. The molecule has 0 aromatic carbocycles. The molecule has 0 rings (SSSR count). The molecule has 0 unspecified atom stereocenters. The summed E-state index contributed by atoms with van der Waals surface area (Å²) in [5.74, 6) is -2.94. The third-order valence-corrected chi connectivity index (χ3v) is 2.29. The van der Waals surface area contributed by atoms with Gasteiger partial charge in [0.1, 0.15) is 6.10 Å². The maximum absolute atomic E-state index is 9.25. The fourth-order valence-corrected chi connectivity index (χ4v) is 0.358. The predicted octanol–water partition coefficient (Wildman–Crippen LogP) is -2.96. The minimum absolute atomic E-state index is 0.365. The number of carboxylic acids is 3. The smallest absolute Gasteiger partial charge is 0.327 e. The van der Waals surface area contributed by atoms with Gasteiger partial charge in [-0.25, -0.2) is 14.4 Å². The largest absolute Gasteiger partial charge is 0.478 e. The van der Waals surface area contributed by atoms with Gasteiger partial charge in [0.2, 0.25) is 0 Å². The highest BCUT2D eigenvalue weighted by Crippen LogP contribution is 2.11. The van der Waals surface area contributed by atoms with Gasteiger partial charge in [0.25, 0.3) is 0 Å². The lowest BCUT2D eigenvalue weighted by atomic mass is 9.93. The van der Waals surface area contributed by atoms with Crippen molar-refractivity contribution in [1.29, 1.82) is 0 Å². The van der Waals surface area contributed by atoms with Crippen LogP contribution in [-0.4, -0.2) is 115 Å².